The molecule has 0 bridgehead atoms. The van der Waals surface area contributed by atoms with Crippen molar-refractivity contribution in [3.05, 3.63) is 90.0 Å². The lowest BCUT2D eigenvalue weighted by molar-refractivity contribution is 0.0952. The van der Waals surface area contributed by atoms with Crippen molar-refractivity contribution >= 4 is 34.8 Å². The number of hydrogen-bond donors (Lipinski definition) is 3. The molecule has 0 aliphatic carbocycles. The Hall–Kier alpha value is -3.91. The van der Waals surface area contributed by atoms with Crippen LogP contribution in [0, 0.1) is 0 Å². The van der Waals surface area contributed by atoms with Gasteiger partial charge in [-0.3, -0.25) is 14.9 Å². The van der Waals surface area contributed by atoms with E-state index in [0.29, 0.717) is 42.3 Å². The maximum absolute atomic E-state index is 12.7. The zero-order valence-corrected chi connectivity index (χ0v) is 19.7. The maximum atomic E-state index is 12.7. The van der Waals surface area contributed by atoms with Gasteiger partial charge in [0, 0.05) is 12.1 Å². The van der Waals surface area contributed by atoms with Gasteiger partial charge in [0.05, 0.1) is 11.3 Å². The molecule has 0 saturated carbocycles. The van der Waals surface area contributed by atoms with Crippen molar-refractivity contribution in [3.63, 3.8) is 0 Å². The maximum Gasteiger partial charge on any atom is 0.257 e. The molecule has 3 N–H and O–H groups in total. The van der Waals surface area contributed by atoms with E-state index in [0.717, 1.165) is 12.2 Å². The molecular formula is C26H27N3O4S. The van der Waals surface area contributed by atoms with Crippen molar-refractivity contribution in [2.24, 2.45) is 0 Å². The van der Waals surface area contributed by atoms with Crippen molar-refractivity contribution < 1.29 is 19.1 Å². The van der Waals surface area contributed by atoms with Crippen molar-refractivity contribution in [1.29, 1.82) is 0 Å². The van der Waals surface area contributed by atoms with Crippen molar-refractivity contribution in [1.82, 2.24) is 10.6 Å². The lowest BCUT2D eigenvalue weighted by Crippen LogP contribution is -2.35. The lowest BCUT2D eigenvalue weighted by atomic mass is 10.1. The highest BCUT2D eigenvalue weighted by molar-refractivity contribution is 7.80. The molecule has 0 atom stereocenters. The molecule has 0 fully saturated rings. The Kier molecular flexibility index (Phi) is 9.42. The summed E-state index contributed by atoms with van der Waals surface area (Å²) in [6.45, 7) is 3.26. The van der Waals surface area contributed by atoms with Gasteiger partial charge in [-0.1, -0.05) is 43.3 Å². The van der Waals surface area contributed by atoms with Crippen LogP contribution in [0.1, 0.15) is 34.1 Å². The molecule has 0 spiro atoms. The number of para-hydroxylation sites is 2. The van der Waals surface area contributed by atoms with Crippen molar-refractivity contribution in [2.45, 2.75) is 13.3 Å². The number of amides is 2. The lowest BCUT2D eigenvalue weighted by Gasteiger charge is -2.14. The van der Waals surface area contributed by atoms with Crippen molar-refractivity contribution in [3.8, 4) is 11.5 Å². The highest BCUT2D eigenvalue weighted by Crippen LogP contribution is 2.16. The van der Waals surface area contributed by atoms with Gasteiger partial charge in [-0.15, -0.1) is 0 Å². The van der Waals surface area contributed by atoms with E-state index in [9.17, 15) is 9.59 Å². The number of anilines is 1. The van der Waals surface area contributed by atoms with Crippen LogP contribution < -0.4 is 25.4 Å². The molecule has 0 heterocycles. The number of nitrogens with one attached hydrogen (secondary N) is 3. The van der Waals surface area contributed by atoms with Crippen LogP contribution in [0.15, 0.2) is 78.9 Å². The molecule has 3 aromatic rings. The van der Waals surface area contributed by atoms with Gasteiger partial charge in [0.25, 0.3) is 11.8 Å². The minimum atomic E-state index is -0.392. The van der Waals surface area contributed by atoms with Gasteiger partial charge in [0.1, 0.15) is 24.7 Å². The third-order valence-corrected chi connectivity index (χ3v) is 4.85. The second-order valence-corrected chi connectivity index (χ2v) is 7.66. The van der Waals surface area contributed by atoms with E-state index in [1.165, 1.54) is 0 Å². The summed E-state index contributed by atoms with van der Waals surface area (Å²) in [7, 11) is 0. The average molecular weight is 478 g/mol. The Balaban J connectivity index is 1.52. The topological polar surface area (TPSA) is 88.7 Å². The molecule has 0 saturated heterocycles. The molecule has 2 amide bonds. The molecule has 0 aromatic heterocycles. The van der Waals surface area contributed by atoms with Crippen LogP contribution >= 0.6 is 12.2 Å². The molecule has 176 valence electrons. The Labute approximate surface area is 204 Å². The van der Waals surface area contributed by atoms with Gasteiger partial charge in [-0.05, 0) is 61.1 Å². The first-order valence-electron chi connectivity index (χ1n) is 11.0. The van der Waals surface area contributed by atoms with Gasteiger partial charge >= 0.3 is 0 Å². The largest absolute Gasteiger partial charge is 0.490 e. The van der Waals surface area contributed by atoms with Gasteiger partial charge in [0.2, 0.25) is 0 Å². The number of benzene rings is 3. The Morgan fingerprint density at radius 2 is 1.50 bits per heavy atom. The van der Waals surface area contributed by atoms with E-state index >= 15 is 0 Å². The highest BCUT2D eigenvalue weighted by atomic mass is 32.1. The predicted octanol–water partition coefficient (Wildman–Crippen LogP) is 4.41. The molecule has 7 nitrogen and oxygen atoms in total. The molecule has 0 radical (unpaired) electrons. The molecule has 34 heavy (non-hydrogen) atoms. The molecule has 8 heteroatoms. The van der Waals surface area contributed by atoms with Crippen LogP contribution in [0.3, 0.4) is 0 Å². The van der Waals surface area contributed by atoms with Crippen LogP contribution in [0.4, 0.5) is 5.69 Å². The zero-order chi connectivity index (χ0) is 24.2. The minimum absolute atomic E-state index is 0.0864. The summed E-state index contributed by atoms with van der Waals surface area (Å²) in [5, 5.41) is 8.49. The van der Waals surface area contributed by atoms with E-state index in [-0.39, 0.29) is 11.0 Å². The summed E-state index contributed by atoms with van der Waals surface area (Å²) in [5.41, 5.74) is 1.34. The normalized spacial score (nSPS) is 10.1. The van der Waals surface area contributed by atoms with E-state index in [1.54, 1.807) is 48.5 Å². The fourth-order valence-corrected chi connectivity index (χ4v) is 3.22. The summed E-state index contributed by atoms with van der Waals surface area (Å²) in [5.74, 6) is 0.711. The van der Waals surface area contributed by atoms with Crippen LogP contribution in [0.5, 0.6) is 11.5 Å². The minimum Gasteiger partial charge on any atom is -0.490 e. The third kappa shape index (κ3) is 7.60. The van der Waals surface area contributed by atoms with Crippen LogP contribution in [0.25, 0.3) is 0 Å². The van der Waals surface area contributed by atoms with Crippen molar-refractivity contribution in [2.75, 3.05) is 25.1 Å². The Bertz CT molecular complexity index is 1120. The zero-order valence-electron chi connectivity index (χ0n) is 18.9. The monoisotopic (exact) mass is 477 g/mol. The standard InChI is InChI=1S/C26H27N3O4S/c1-2-15-27-25(31)22-13-6-7-14-23(22)28-26(34)29-24(30)19-9-8-12-21(18-19)33-17-16-32-20-10-4-3-5-11-20/h3-14,18H,2,15-17H2,1H3,(H,27,31)(H2,28,29,30,34). The highest BCUT2D eigenvalue weighted by Gasteiger charge is 2.13. The second kappa shape index (κ2) is 13.0. The quantitative estimate of drug-likeness (QED) is 0.296. The average Bonchev–Trinajstić information content (AvgIpc) is 2.86. The summed E-state index contributed by atoms with van der Waals surface area (Å²) in [4.78, 5) is 25.0. The predicted molar refractivity (Wildman–Crippen MR) is 137 cm³/mol. The van der Waals surface area contributed by atoms with E-state index < -0.39 is 5.91 Å². The number of rotatable bonds is 10. The van der Waals surface area contributed by atoms with Gasteiger partial charge in [-0.2, -0.15) is 0 Å². The first-order valence-corrected chi connectivity index (χ1v) is 11.4. The second-order valence-electron chi connectivity index (χ2n) is 7.25. The van der Waals surface area contributed by atoms with E-state index in [4.69, 9.17) is 21.7 Å². The van der Waals surface area contributed by atoms with Crippen LogP contribution in [-0.4, -0.2) is 36.7 Å². The molecule has 3 aromatic carbocycles. The van der Waals surface area contributed by atoms with Crippen LogP contribution in [0.2, 0.25) is 0 Å². The Morgan fingerprint density at radius 1 is 0.824 bits per heavy atom. The summed E-state index contributed by atoms with van der Waals surface area (Å²) >= 11 is 5.29. The number of carbonyl (C=O) groups is 2. The fourth-order valence-electron chi connectivity index (χ4n) is 3.02. The first kappa shape index (κ1) is 24.7. The number of thiocarbonyl (C=S) groups is 1. The number of carbonyl (C=O) groups excluding carboxylic acids is 2. The number of ether oxygens (including phenoxy) is 2. The summed E-state index contributed by atoms with van der Waals surface area (Å²) in [6, 6.07) is 23.2. The first-order chi connectivity index (χ1) is 16.6. The third-order valence-electron chi connectivity index (χ3n) is 4.64. The van der Waals surface area contributed by atoms with E-state index in [2.05, 4.69) is 16.0 Å². The van der Waals surface area contributed by atoms with Crippen LogP contribution in [-0.2, 0) is 0 Å². The molecule has 0 unspecified atom stereocenters. The van der Waals surface area contributed by atoms with Gasteiger partial charge in [-0.25, -0.2) is 0 Å². The Morgan fingerprint density at radius 3 is 2.26 bits per heavy atom. The molecule has 0 aliphatic heterocycles. The van der Waals surface area contributed by atoms with Gasteiger partial charge in [0.15, 0.2) is 5.11 Å². The summed E-state index contributed by atoms with van der Waals surface area (Å²) < 4.78 is 11.3. The summed E-state index contributed by atoms with van der Waals surface area (Å²) in [6.07, 6.45) is 0.832. The fraction of sp³-hybridized carbons (Fsp3) is 0.192. The molecular weight excluding hydrogens is 450 g/mol. The molecule has 3 rings (SSSR count). The number of hydrogen-bond acceptors (Lipinski definition) is 5. The van der Waals surface area contributed by atoms with E-state index in [1.807, 2.05) is 37.3 Å². The molecule has 0 aliphatic rings. The van der Waals surface area contributed by atoms with Gasteiger partial charge < -0.3 is 20.1 Å². The smallest absolute Gasteiger partial charge is 0.257 e. The SMILES string of the molecule is CCCNC(=O)c1ccccc1NC(=S)NC(=O)c1cccc(OCCOc2ccccc2)c1.